The molecule has 0 N–H and O–H groups in total. The Balaban J connectivity index is 2.33. The summed E-state index contributed by atoms with van der Waals surface area (Å²) >= 11 is -3.50. The quantitative estimate of drug-likeness (QED) is 0.450. The van der Waals surface area contributed by atoms with E-state index < -0.39 is 13.1 Å². The van der Waals surface area contributed by atoms with Gasteiger partial charge in [0.2, 0.25) is 0 Å². The Hall–Kier alpha value is -3.53. The molecule has 144 valence electrons. The number of rotatable bonds is 4. The van der Waals surface area contributed by atoms with Crippen LogP contribution in [0.25, 0.3) is 0 Å². The van der Waals surface area contributed by atoms with Crippen LogP contribution in [-0.2, 0) is 0 Å². The van der Waals surface area contributed by atoms with E-state index >= 15 is 0 Å². The van der Waals surface area contributed by atoms with Gasteiger partial charge in [0.05, 0.1) is 0 Å². The van der Waals surface area contributed by atoms with Crippen LogP contribution in [0.2, 0.25) is 0 Å². The van der Waals surface area contributed by atoms with Gasteiger partial charge in [0.15, 0.2) is 0 Å². The summed E-state index contributed by atoms with van der Waals surface area (Å²) in [6.07, 6.45) is 0. The van der Waals surface area contributed by atoms with Crippen molar-refractivity contribution in [2.24, 2.45) is 0 Å². The van der Waals surface area contributed by atoms with Crippen molar-refractivity contribution in [1.29, 1.82) is 5.26 Å². The zero-order chi connectivity index (χ0) is 20.8. The second-order valence-electron chi connectivity index (χ2n) is 6.83. The average molecular weight is 449 g/mol. The summed E-state index contributed by atoms with van der Waals surface area (Å²) in [4.78, 5) is 13.0. The topological polar surface area (TPSA) is 40.9 Å². The SMILES string of the molecule is N#CC(c1cccccc1=O)=[As](c1ccccc1)(c1ccccc1)c1ccccc1. The third-order valence-electron chi connectivity index (χ3n) is 5.13. The van der Waals surface area contributed by atoms with E-state index in [0.29, 0.717) is 9.87 Å². The van der Waals surface area contributed by atoms with Crippen LogP contribution in [0, 0.1) is 11.3 Å². The molecule has 0 radical (unpaired) electrons. The monoisotopic (exact) mass is 449 g/mol. The first-order valence-electron chi connectivity index (χ1n) is 9.71. The van der Waals surface area contributed by atoms with E-state index in [1.165, 1.54) is 6.07 Å². The summed E-state index contributed by atoms with van der Waals surface area (Å²) in [5.41, 5.74) is 0.344. The maximum absolute atomic E-state index is 13.0. The molecule has 0 aliphatic rings. The molecule has 2 nitrogen and oxygen atoms in total. The average Bonchev–Trinajstić information content (AvgIpc) is 3.03. The van der Waals surface area contributed by atoms with E-state index in [9.17, 15) is 10.1 Å². The van der Waals surface area contributed by atoms with Crippen LogP contribution in [0.1, 0.15) is 5.56 Å². The summed E-state index contributed by atoms with van der Waals surface area (Å²) in [5.74, 6) is 0. The molecule has 0 saturated heterocycles. The molecule has 0 amide bonds. The zero-order valence-electron chi connectivity index (χ0n) is 16.3. The molecule has 0 spiro atoms. The van der Waals surface area contributed by atoms with Crippen LogP contribution in [0.5, 0.6) is 0 Å². The van der Waals surface area contributed by atoms with Gasteiger partial charge in [-0.3, -0.25) is 0 Å². The zero-order valence-corrected chi connectivity index (χ0v) is 18.2. The van der Waals surface area contributed by atoms with Crippen molar-refractivity contribution in [2.75, 3.05) is 0 Å². The fraction of sp³-hybridized carbons (Fsp3) is 0. The van der Waals surface area contributed by atoms with Gasteiger partial charge < -0.3 is 0 Å². The van der Waals surface area contributed by atoms with Gasteiger partial charge in [-0.15, -0.1) is 0 Å². The Morgan fingerprint density at radius 3 is 1.33 bits per heavy atom. The second kappa shape index (κ2) is 8.87. The van der Waals surface area contributed by atoms with Gasteiger partial charge in [-0.2, -0.15) is 0 Å². The third-order valence-corrected chi connectivity index (χ3v) is 14.0. The molecule has 0 unspecified atom stereocenters. The summed E-state index contributed by atoms with van der Waals surface area (Å²) in [6.45, 7) is 0. The molecule has 0 bridgehead atoms. The predicted molar refractivity (Wildman–Crippen MR) is 126 cm³/mol. The normalized spacial score (nSPS) is 10.8. The van der Waals surface area contributed by atoms with Gasteiger partial charge in [-0.25, -0.2) is 0 Å². The van der Waals surface area contributed by atoms with E-state index in [4.69, 9.17) is 0 Å². The molecular weight excluding hydrogens is 429 g/mol. The standard InChI is InChI=1S/C27H20AsNO/c29-21-26(25-19-11-4-12-20-27(25)30)28(22-13-5-1-6-14-22,23-15-7-2-8-16-23)24-17-9-3-10-18-24/h1-20H. The molecule has 0 aliphatic heterocycles. The Morgan fingerprint density at radius 1 is 0.567 bits per heavy atom. The first-order valence-corrected chi connectivity index (χ1v) is 13.5. The first kappa shape index (κ1) is 19.8. The van der Waals surface area contributed by atoms with Gasteiger partial charge in [0.25, 0.3) is 0 Å². The fourth-order valence-electron chi connectivity index (χ4n) is 3.83. The number of hydrogen-bond donors (Lipinski definition) is 0. The minimum absolute atomic E-state index is 0.134. The molecular formula is C27H20AsNO. The van der Waals surface area contributed by atoms with Crippen molar-refractivity contribution in [2.45, 2.75) is 0 Å². The van der Waals surface area contributed by atoms with E-state index in [-0.39, 0.29) is 5.43 Å². The van der Waals surface area contributed by atoms with E-state index in [1.807, 2.05) is 66.7 Å². The van der Waals surface area contributed by atoms with Crippen molar-refractivity contribution in [3.8, 4) is 6.07 Å². The molecule has 0 fully saturated rings. The van der Waals surface area contributed by atoms with Crippen LogP contribution in [0.4, 0.5) is 0 Å². The van der Waals surface area contributed by atoms with Gasteiger partial charge in [-0.05, 0) is 0 Å². The predicted octanol–water partition coefficient (Wildman–Crippen LogP) is 2.84. The van der Waals surface area contributed by atoms with Crippen molar-refractivity contribution in [1.82, 2.24) is 0 Å². The number of hydrogen-bond acceptors (Lipinski definition) is 2. The molecule has 30 heavy (non-hydrogen) atoms. The maximum atomic E-state index is 13.0. The number of nitriles is 1. The number of benzene rings is 3. The first-order chi connectivity index (χ1) is 14.8. The van der Waals surface area contributed by atoms with Crippen molar-refractivity contribution in [3.05, 3.63) is 137 Å². The molecule has 0 saturated carbocycles. The fourth-order valence-corrected chi connectivity index (χ4v) is 12.7. The van der Waals surface area contributed by atoms with Gasteiger partial charge in [0, 0.05) is 0 Å². The van der Waals surface area contributed by atoms with Crippen molar-refractivity contribution < 1.29 is 0 Å². The van der Waals surface area contributed by atoms with Crippen LogP contribution in [-0.4, -0.2) is 17.4 Å². The Labute approximate surface area is 178 Å². The van der Waals surface area contributed by atoms with Crippen LogP contribution in [0.3, 0.4) is 0 Å². The van der Waals surface area contributed by atoms with Crippen molar-refractivity contribution in [3.63, 3.8) is 0 Å². The molecule has 0 heterocycles. The van der Waals surface area contributed by atoms with E-state index in [1.54, 1.807) is 12.1 Å². The molecule has 4 rings (SSSR count). The van der Waals surface area contributed by atoms with Crippen LogP contribution >= 0.6 is 0 Å². The summed E-state index contributed by atoms with van der Waals surface area (Å²) in [7, 11) is 0. The molecule has 0 aromatic heterocycles. The second-order valence-corrected chi connectivity index (χ2v) is 13.8. The van der Waals surface area contributed by atoms with Gasteiger partial charge in [0.1, 0.15) is 0 Å². The van der Waals surface area contributed by atoms with Crippen molar-refractivity contribution >= 4 is 30.5 Å². The minimum atomic E-state index is -3.50. The molecule has 0 aliphatic carbocycles. The molecule has 4 aromatic rings. The molecule has 4 aromatic carbocycles. The number of nitrogens with zero attached hydrogens (tertiary/aromatic N) is 1. The Bertz CT molecular complexity index is 1200. The van der Waals surface area contributed by atoms with E-state index in [0.717, 1.165) is 13.1 Å². The molecule has 3 heteroatoms. The van der Waals surface area contributed by atoms with Gasteiger partial charge >= 0.3 is 179 Å². The molecule has 0 atom stereocenters. The van der Waals surface area contributed by atoms with Gasteiger partial charge in [-0.1, -0.05) is 0 Å². The Morgan fingerprint density at radius 2 is 0.933 bits per heavy atom. The van der Waals surface area contributed by atoms with E-state index in [2.05, 4.69) is 42.5 Å². The van der Waals surface area contributed by atoms with Crippen LogP contribution in [0.15, 0.2) is 126 Å². The summed E-state index contributed by atoms with van der Waals surface area (Å²) < 4.78 is 3.90. The third kappa shape index (κ3) is 3.45. The summed E-state index contributed by atoms with van der Waals surface area (Å²) in [5, 5.41) is 10.5. The Kier molecular flexibility index (Phi) is 5.84. The summed E-state index contributed by atoms with van der Waals surface area (Å²) in [6, 6.07) is 41.8. The van der Waals surface area contributed by atoms with Crippen LogP contribution < -0.4 is 18.5 Å².